The molecule has 1 N–H and O–H groups in total. The Morgan fingerprint density at radius 1 is 1.28 bits per heavy atom. The number of benzene rings is 1. The highest BCUT2D eigenvalue weighted by Gasteiger charge is 2.32. The van der Waals surface area contributed by atoms with Crippen LogP contribution in [0.1, 0.15) is 46.3 Å². The summed E-state index contributed by atoms with van der Waals surface area (Å²) in [6.07, 6.45) is 1.81. The van der Waals surface area contributed by atoms with Gasteiger partial charge in [0.1, 0.15) is 18.1 Å². The van der Waals surface area contributed by atoms with Gasteiger partial charge in [0.05, 0.1) is 18.0 Å². The van der Waals surface area contributed by atoms with Gasteiger partial charge >= 0.3 is 5.97 Å². The summed E-state index contributed by atoms with van der Waals surface area (Å²) in [6, 6.07) is 10.3. The zero-order valence-electron chi connectivity index (χ0n) is 14.1. The van der Waals surface area contributed by atoms with Gasteiger partial charge in [-0.05, 0) is 36.6 Å². The van der Waals surface area contributed by atoms with Crippen LogP contribution in [-0.4, -0.2) is 35.5 Å². The highest BCUT2D eigenvalue weighted by atomic mass is 16.5. The monoisotopic (exact) mass is 343 g/mol. The number of nitrogens with zero attached hydrogens (tertiary/aromatic N) is 1. The minimum Gasteiger partial charge on any atom is -0.478 e. The lowest BCUT2D eigenvalue weighted by molar-refractivity contribution is -0.131. The first-order chi connectivity index (χ1) is 12.1. The van der Waals surface area contributed by atoms with E-state index in [4.69, 9.17) is 9.15 Å². The third-order valence-corrected chi connectivity index (χ3v) is 4.46. The van der Waals surface area contributed by atoms with E-state index in [9.17, 15) is 14.7 Å². The van der Waals surface area contributed by atoms with Crippen molar-refractivity contribution in [3.05, 3.63) is 59.0 Å². The Balaban J connectivity index is 1.76. The second-order valence-corrected chi connectivity index (χ2v) is 6.12. The molecule has 2 heterocycles. The van der Waals surface area contributed by atoms with Crippen molar-refractivity contribution in [3.8, 4) is 0 Å². The lowest BCUT2D eigenvalue weighted by atomic mass is 10.0. The van der Waals surface area contributed by atoms with E-state index in [2.05, 4.69) is 0 Å². The molecule has 6 nitrogen and oxygen atoms in total. The predicted molar refractivity (Wildman–Crippen MR) is 90.2 cm³/mol. The van der Waals surface area contributed by atoms with Gasteiger partial charge in [0.15, 0.2) is 0 Å². The Hall–Kier alpha value is -2.60. The molecule has 1 atom stereocenters. The molecule has 1 saturated heterocycles. The molecule has 25 heavy (non-hydrogen) atoms. The van der Waals surface area contributed by atoms with Gasteiger partial charge in [-0.2, -0.15) is 0 Å². The van der Waals surface area contributed by atoms with Crippen LogP contribution in [0.2, 0.25) is 0 Å². The molecular weight excluding hydrogens is 322 g/mol. The highest BCUT2D eigenvalue weighted by Crippen LogP contribution is 2.33. The van der Waals surface area contributed by atoms with Crippen LogP contribution in [0.5, 0.6) is 0 Å². The summed E-state index contributed by atoms with van der Waals surface area (Å²) in [5, 5.41) is 9.28. The third-order valence-electron chi connectivity index (χ3n) is 4.46. The van der Waals surface area contributed by atoms with Crippen LogP contribution in [0.25, 0.3) is 0 Å². The Labute approximate surface area is 146 Å². The number of hydrogen-bond acceptors (Lipinski definition) is 4. The number of carbonyl (C=O) groups excluding carboxylic acids is 1. The van der Waals surface area contributed by atoms with E-state index in [0.29, 0.717) is 18.7 Å². The molecule has 0 spiro atoms. The second kappa shape index (κ2) is 7.53. The van der Waals surface area contributed by atoms with Gasteiger partial charge in [-0.3, -0.25) is 4.79 Å². The summed E-state index contributed by atoms with van der Waals surface area (Å²) in [5.74, 6) is 0.384. The van der Waals surface area contributed by atoms with Crippen molar-refractivity contribution < 1.29 is 23.8 Å². The summed E-state index contributed by atoms with van der Waals surface area (Å²) >= 11 is 0. The first-order valence-electron chi connectivity index (χ1n) is 8.28. The molecule has 0 saturated carbocycles. The van der Waals surface area contributed by atoms with E-state index in [1.165, 1.54) is 6.07 Å². The molecule has 0 bridgehead atoms. The number of ether oxygens (including phenoxy) is 1. The number of methoxy groups -OCH3 is 1. The molecule has 0 radical (unpaired) electrons. The summed E-state index contributed by atoms with van der Waals surface area (Å²) in [7, 11) is 1.60. The number of carbonyl (C=O) groups is 2. The van der Waals surface area contributed by atoms with Crippen LogP contribution in [0.15, 0.2) is 40.8 Å². The molecule has 1 aliphatic rings. The predicted octanol–water partition coefficient (Wildman–Crippen LogP) is 3.03. The van der Waals surface area contributed by atoms with Crippen molar-refractivity contribution in [2.24, 2.45) is 0 Å². The van der Waals surface area contributed by atoms with E-state index in [0.717, 1.165) is 24.4 Å². The number of likely N-dealkylation sites (tertiary alicyclic amines) is 1. The van der Waals surface area contributed by atoms with E-state index >= 15 is 0 Å². The van der Waals surface area contributed by atoms with Crippen LogP contribution in [-0.2, 0) is 22.6 Å². The first-order valence-corrected chi connectivity index (χ1v) is 8.28. The largest absolute Gasteiger partial charge is 0.478 e. The SMILES string of the molecule is COCc1ccc(C2CCCN2C(=O)Cc2ccccc2C(=O)O)o1. The van der Waals surface area contributed by atoms with Gasteiger partial charge in [0, 0.05) is 13.7 Å². The maximum atomic E-state index is 12.8. The average molecular weight is 343 g/mol. The topological polar surface area (TPSA) is 80.0 Å². The lowest BCUT2D eigenvalue weighted by Crippen LogP contribution is -2.32. The fourth-order valence-corrected chi connectivity index (χ4v) is 3.30. The first kappa shape index (κ1) is 17.2. The quantitative estimate of drug-likeness (QED) is 0.872. The number of hydrogen-bond donors (Lipinski definition) is 1. The number of rotatable bonds is 6. The zero-order valence-corrected chi connectivity index (χ0v) is 14.1. The number of carboxylic acids is 1. The van der Waals surface area contributed by atoms with E-state index in [1.807, 2.05) is 12.1 Å². The van der Waals surface area contributed by atoms with Gasteiger partial charge in [0.25, 0.3) is 0 Å². The van der Waals surface area contributed by atoms with Gasteiger partial charge in [-0.1, -0.05) is 18.2 Å². The molecule has 1 amide bonds. The standard InChI is InChI=1S/C19H21NO5/c1-24-12-14-8-9-17(25-14)16-7-4-10-20(16)18(21)11-13-5-2-3-6-15(13)19(22)23/h2-3,5-6,8-9,16H,4,7,10-12H2,1H3,(H,22,23). The van der Waals surface area contributed by atoms with Crippen LogP contribution in [0, 0.1) is 0 Å². The van der Waals surface area contributed by atoms with Crippen molar-refractivity contribution in [2.45, 2.75) is 31.9 Å². The Bertz CT molecular complexity index is 767. The summed E-state index contributed by atoms with van der Waals surface area (Å²) < 4.78 is 10.9. The van der Waals surface area contributed by atoms with Gasteiger partial charge in [-0.15, -0.1) is 0 Å². The highest BCUT2D eigenvalue weighted by molar-refractivity contribution is 5.91. The molecule has 1 fully saturated rings. The van der Waals surface area contributed by atoms with E-state index in [-0.39, 0.29) is 23.9 Å². The number of carboxylic acid groups (broad SMARTS) is 1. The molecule has 1 unspecified atom stereocenters. The van der Waals surface area contributed by atoms with E-state index < -0.39 is 5.97 Å². The van der Waals surface area contributed by atoms with Crippen LogP contribution in [0.4, 0.5) is 0 Å². The fourth-order valence-electron chi connectivity index (χ4n) is 3.30. The fraction of sp³-hybridized carbons (Fsp3) is 0.368. The Kier molecular flexibility index (Phi) is 5.19. The van der Waals surface area contributed by atoms with Crippen molar-refractivity contribution in [1.29, 1.82) is 0 Å². The molecule has 1 aromatic heterocycles. The minimum absolute atomic E-state index is 0.0740. The van der Waals surface area contributed by atoms with Gasteiger partial charge in [-0.25, -0.2) is 4.79 Å². The summed E-state index contributed by atoms with van der Waals surface area (Å²) in [5.41, 5.74) is 0.706. The Morgan fingerprint density at radius 2 is 2.08 bits per heavy atom. The van der Waals surface area contributed by atoms with Crippen molar-refractivity contribution >= 4 is 11.9 Å². The normalized spacial score (nSPS) is 17.0. The Morgan fingerprint density at radius 3 is 2.84 bits per heavy atom. The number of aromatic carboxylic acids is 1. The summed E-state index contributed by atoms with van der Waals surface area (Å²) in [4.78, 5) is 25.9. The van der Waals surface area contributed by atoms with Crippen molar-refractivity contribution in [1.82, 2.24) is 4.90 Å². The molecule has 0 aliphatic carbocycles. The molecule has 6 heteroatoms. The second-order valence-electron chi connectivity index (χ2n) is 6.12. The lowest BCUT2D eigenvalue weighted by Gasteiger charge is -2.23. The van der Waals surface area contributed by atoms with Crippen molar-refractivity contribution in [2.75, 3.05) is 13.7 Å². The smallest absolute Gasteiger partial charge is 0.335 e. The minimum atomic E-state index is -1.02. The van der Waals surface area contributed by atoms with Gasteiger partial charge in [0.2, 0.25) is 5.91 Å². The van der Waals surface area contributed by atoms with Gasteiger partial charge < -0.3 is 19.2 Å². The molecule has 2 aromatic rings. The molecular formula is C19H21NO5. The van der Waals surface area contributed by atoms with Crippen LogP contribution >= 0.6 is 0 Å². The van der Waals surface area contributed by atoms with E-state index in [1.54, 1.807) is 30.2 Å². The number of furan rings is 1. The average Bonchev–Trinajstić information content (AvgIpc) is 3.24. The van der Waals surface area contributed by atoms with Crippen LogP contribution in [0.3, 0.4) is 0 Å². The van der Waals surface area contributed by atoms with Crippen LogP contribution < -0.4 is 0 Å². The third kappa shape index (κ3) is 3.74. The van der Waals surface area contributed by atoms with Crippen molar-refractivity contribution in [3.63, 3.8) is 0 Å². The molecule has 3 rings (SSSR count). The zero-order chi connectivity index (χ0) is 17.8. The number of amides is 1. The maximum absolute atomic E-state index is 12.8. The molecule has 132 valence electrons. The molecule has 1 aliphatic heterocycles. The molecule has 1 aromatic carbocycles. The summed E-state index contributed by atoms with van der Waals surface area (Å²) in [6.45, 7) is 1.05. The maximum Gasteiger partial charge on any atom is 0.335 e.